The SMILES string of the molecule is CC(CC#N)N1C(=O)C2CCC(C2)C1=O. The summed E-state index contributed by atoms with van der Waals surface area (Å²) in [5.41, 5.74) is 0. The summed E-state index contributed by atoms with van der Waals surface area (Å²) in [4.78, 5) is 25.1. The van der Waals surface area contributed by atoms with Crippen LogP contribution in [0.1, 0.15) is 32.6 Å². The van der Waals surface area contributed by atoms with E-state index in [4.69, 9.17) is 5.26 Å². The monoisotopic (exact) mass is 206 g/mol. The molecule has 2 amide bonds. The minimum absolute atomic E-state index is 0.0360. The van der Waals surface area contributed by atoms with Gasteiger partial charge in [0.1, 0.15) is 0 Å². The maximum Gasteiger partial charge on any atom is 0.232 e. The predicted molar refractivity (Wildman–Crippen MR) is 52.4 cm³/mol. The molecule has 2 rings (SSSR count). The van der Waals surface area contributed by atoms with Crippen molar-refractivity contribution in [3.63, 3.8) is 0 Å². The first-order valence-corrected chi connectivity index (χ1v) is 5.39. The summed E-state index contributed by atoms with van der Waals surface area (Å²) in [6.45, 7) is 1.77. The molecule has 0 N–H and O–H groups in total. The number of nitrogens with zero attached hydrogens (tertiary/aromatic N) is 2. The predicted octanol–water partition coefficient (Wildman–Crippen LogP) is 1.07. The van der Waals surface area contributed by atoms with Crippen LogP contribution in [-0.4, -0.2) is 22.8 Å². The maximum atomic E-state index is 11.9. The van der Waals surface area contributed by atoms with Gasteiger partial charge in [0.15, 0.2) is 0 Å². The summed E-state index contributed by atoms with van der Waals surface area (Å²) in [6, 6.07) is 1.74. The second-order valence-corrected chi connectivity index (χ2v) is 4.46. The van der Waals surface area contributed by atoms with Gasteiger partial charge in [-0.25, -0.2) is 0 Å². The smallest absolute Gasteiger partial charge is 0.232 e. The molecule has 2 fully saturated rings. The van der Waals surface area contributed by atoms with E-state index in [2.05, 4.69) is 0 Å². The summed E-state index contributed by atoms with van der Waals surface area (Å²) in [5.74, 6) is -0.0457. The van der Waals surface area contributed by atoms with Gasteiger partial charge in [-0.2, -0.15) is 5.26 Å². The van der Waals surface area contributed by atoms with Crippen molar-refractivity contribution in [2.45, 2.75) is 38.6 Å². The van der Waals surface area contributed by atoms with Crippen LogP contribution in [0.25, 0.3) is 0 Å². The zero-order chi connectivity index (χ0) is 11.0. The van der Waals surface area contributed by atoms with Crippen molar-refractivity contribution in [2.24, 2.45) is 11.8 Å². The van der Waals surface area contributed by atoms with Crippen LogP contribution in [-0.2, 0) is 9.59 Å². The average molecular weight is 206 g/mol. The molecule has 0 spiro atoms. The summed E-state index contributed by atoms with van der Waals surface area (Å²) in [5, 5.41) is 8.59. The van der Waals surface area contributed by atoms with E-state index >= 15 is 0 Å². The Kier molecular flexibility index (Phi) is 2.47. The summed E-state index contributed by atoms with van der Waals surface area (Å²) in [7, 11) is 0. The Balaban J connectivity index is 2.20. The lowest BCUT2D eigenvalue weighted by Crippen LogP contribution is -2.50. The number of piperidine rings is 1. The molecule has 0 radical (unpaired) electrons. The summed E-state index contributed by atoms with van der Waals surface area (Å²) >= 11 is 0. The highest BCUT2D eigenvalue weighted by Crippen LogP contribution is 2.39. The number of imide groups is 1. The highest BCUT2D eigenvalue weighted by molar-refractivity contribution is 6.01. The molecule has 4 heteroatoms. The average Bonchev–Trinajstić information content (AvgIpc) is 2.62. The van der Waals surface area contributed by atoms with Crippen molar-refractivity contribution < 1.29 is 9.59 Å². The van der Waals surface area contributed by atoms with Gasteiger partial charge >= 0.3 is 0 Å². The van der Waals surface area contributed by atoms with Crippen molar-refractivity contribution in [3.8, 4) is 6.07 Å². The van der Waals surface area contributed by atoms with Crippen molar-refractivity contribution in [3.05, 3.63) is 0 Å². The zero-order valence-electron chi connectivity index (χ0n) is 8.77. The summed E-state index contributed by atoms with van der Waals surface area (Å²) < 4.78 is 0. The van der Waals surface area contributed by atoms with Crippen LogP contribution in [0.5, 0.6) is 0 Å². The Morgan fingerprint density at radius 1 is 1.40 bits per heavy atom. The quantitative estimate of drug-likeness (QED) is 0.635. The van der Waals surface area contributed by atoms with Gasteiger partial charge in [-0.15, -0.1) is 0 Å². The van der Waals surface area contributed by atoms with Crippen LogP contribution < -0.4 is 0 Å². The molecular weight excluding hydrogens is 192 g/mol. The van der Waals surface area contributed by atoms with Gasteiger partial charge in [-0.1, -0.05) is 0 Å². The summed E-state index contributed by atoms with van der Waals surface area (Å²) in [6.07, 6.45) is 2.64. The van der Waals surface area contributed by atoms with E-state index < -0.39 is 0 Å². The van der Waals surface area contributed by atoms with Gasteiger partial charge < -0.3 is 0 Å². The van der Waals surface area contributed by atoms with Gasteiger partial charge in [-0.3, -0.25) is 14.5 Å². The molecule has 1 heterocycles. The molecule has 3 unspecified atom stereocenters. The molecule has 1 saturated carbocycles. The second-order valence-electron chi connectivity index (χ2n) is 4.46. The van der Waals surface area contributed by atoms with E-state index in [1.807, 2.05) is 6.07 Å². The molecule has 2 bridgehead atoms. The fourth-order valence-electron chi connectivity index (χ4n) is 2.59. The van der Waals surface area contributed by atoms with Crippen LogP contribution >= 0.6 is 0 Å². The van der Waals surface area contributed by atoms with E-state index in [1.54, 1.807) is 6.92 Å². The number of hydrogen-bond donors (Lipinski definition) is 0. The molecule has 1 saturated heterocycles. The fraction of sp³-hybridized carbons (Fsp3) is 0.727. The molecule has 0 aromatic carbocycles. The standard InChI is InChI=1S/C11H14N2O2/c1-7(4-5-12)13-10(14)8-2-3-9(6-8)11(13)15/h7-9H,2-4,6H2,1H3. The minimum atomic E-state index is -0.265. The Morgan fingerprint density at radius 2 is 1.93 bits per heavy atom. The third-order valence-electron chi connectivity index (χ3n) is 3.43. The highest BCUT2D eigenvalue weighted by atomic mass is 16.2. The Labute approximate surface area is 88.9 Å². The highest BCUT2D eigenvalue weighted by Gasteiger charge is 2.46. The molecule has 15 heavy (non-hydrogen) atoms. The van der Waals surface area contributed by atoms with E-state index in [0.717, 1.165) is 19.3 Å². The second kappa shape index (κ2) is 3.65. The lowest BCUT2D eigenvalue weighted by molar-refractivity contribution is -0.155. The first-order valence-electron chi connectivity index (χ1n) is 5.39. The topological polar surface area (TPSA) is 61.2 Å². The van der Waals surface area contributed by atoms with Crippen molar-refractivity contribution in [1.29, 1.82) is 5.26 Å². The Hall–Kier alpha value is -1.37. The lowest BCUT2D eigenvalue weighted by atomic mass is 9.95. The van der Waals surface area contributed by atoms with Gasteiger partial charge in [0.2, 0.25) is 11.8 Å². The fourth-order valence-corrected chi connectivity index (χ4v) is 2.59. The molecule has 0 aromatic rings. The first kappa shape index (κ1) is 10.2. The Morgan fingerprint density at radius 3 is 2.40 bits per heavy atom. The number of carbonyl (C=O) groups excluding carboxylic acids is 2. The van der Waals surface area contributed by atoms with Crippen molar-refractivity contribution >= 4 is 11.8 Å². The molecule has 2 aliphatic rings. The minimum Gasteiger partial charge on any atom is -0.278 e. The number of hydrogen-bond acceptors (Lipinski definition) is 3. The third kappa shape index (κ3) is 1.52. The van der Waals surface area contributed by atoms with Gasteiger partial charge in [-0.05, 0) is 26.2 Å². The van der Waals surface area contributed by atoms with Crippen LogP contribution in [0.15, 0.2) is 0 Å². The number of nitriles is 1. The van der Waals surface area contributed by atoms with Crippen LogP contribution in [0.2, 0.25) is 0 Å². The number of carbonyl (C=O) groups is 2. The molecular formula is C11H14N2O2. The van der Waals surface area contributed by atoms with E-state index in [-0.39, 0.29) is 36.1 Å². The van der Waals surface area contributed by atoms with Crippen LogP contribution in [0.4, 0.5) is 0 Å². The van der Waals surface area contributed by atoms with Crippen molar-refractivity contribution in [1.82, 2.24) is 4.90 Å². The lowest BCUT2D eigenvalue weighted by Gasteiger charge is -2.33. The van der Waals surface area contributed by atoms with E-state index in [9.17, 15) is 9.59 Å². The number of likely N-dealkylation sites (tertiary alicyclic amines) is 1. The van der Waals surface area contributed by atoms with Crippen LogP contribution in [0.3, 0.4) is 0 Å². The van der Waals surface area contributed by atoms with E-state index in [1.165, 1.54) is 4.90 Å². The van der Waals surface area contributed by atoms with Gasteiger partial charge in [0, 0.05) is 17.9 Å². The van der Waals surface area contributed by atoms with Crippen LogP contribution in [0, 0.1) is 23.2 Å². The zero-order valence-corrected chi connectivity index (χ0v) is 8.77. The number of rotatable bonds is 2. The number of fused-ring (bicyclic) bond motifs is 2. The number of amides is 2. The largest absolute Gasteiger partial charge is 0.278 e. The maximum absolute atomic E-state index is 11.9. The molecule has 80 valence electrons. The van der Waals surface area contributed by atoms with Gasteiger partial charge in [0.25, 0.3) is 0 Å². The Bertz CT molecular complexity index is 323. The normalized spacial score (nSPS) is 31.6. The molecule has 1 aliphatic carbocycles. The molecule has 3 atom stereocenters. The first-order chi connectivity index (χ1) is 7.15. The van der Waals surface area contributed by atoms with Crippen molar-refractivity contribution in [2.75, 3.05) is 0 Å². The molecule has 1 aliphatic heterocycles. The third-order valence-corrected chi connectivity index (χ3v) is 3.43. The molecule has 4 nitrogen and oxygen atoms in total. The van der Waals surface area contributed by atoms with E-state index in [0.29, 0.717) is 0 Å². The molecule has 0 aromatic heterocycles. The van der Waals surface area contributed by atoms with Gasteiger partial charge in [0.05, 0.1) is 12.5 Å².